The molecule has 0 spiro atoms. The summed E-state index contributed by atoms with van der Waals surface area (Å²) in [6, 6.07) is 3.39. The van der Waals surface area contributed by atoms with Gasteiger partial charge < -0.3 is 10.6 Å². The SMILES string of the molecule is CCNC(=NCCS(=O)(=O)N1CCSCC1)NC(C)c1ccc(F)c(F)c1.I. The van der Waals surface area contributed by atoms with Crippen LogP contribution in [0.25, 0.3) is 0 Å². The molecule has 1 saturated heterocycles. The summed E-state index contributed by atoms with van der Waals surface area (Å²) in [7, 11) is -3.32. The van der Waals surface area contributed by atoms with E-state index in [2.05, 4.69) is 15.6 Å². The Morgan fingerprint density at radius 1 is 1.29 bits per heavy atom. The van der Waals surface area contributed by atoms with Gasteiger partial charge >= 0.3 is 0 Å². The van der Waals surface area contributed by atoms with E-state index in [1.807, 2.05) is 6.92 Å². The number of sulfonamides is 1. The molecule has 0 bridgehead atoms. The second kappa shape index (κ2) is 12.1. The summed E-state index contributed by atoms with van der Waals surface area (Å²) in [4.78, 5) is 4.31. The molecule has 0 saturated carbocycles. The fourth-order valence-electron chi connectivity index (χ4n) is 2.62. The van der Waals surface area contributed by atoms with Gasteiger partial charge in [0.05, 0.1) is 18.3 Å². The van der Waals surface area contributed by atoms with Crippen LogP contribution in [0.15, 0.2) is 23.2 Å². The summed E-state index contributed by atoms with van der Waals surface area (Å²) in [6.07, 6.45) is 0. The molecule has 11 heteroatoms. The molecule has 1 aromatic rings. The molecule has 1 aliphatic rings. The van der Waals surface area contributed by atoms with Crippen molar-refractivity contribution < 1.29 is 17.2 Å². The highest BCUT2D eigenvalue weighted by molar-refractivity contribution is 14.0. The van der Waals surface area contributed by atoms with E-state index < -0.39 is 21.7 Å². The molecule has 2 N–H and O–H groups in total. The van der Waals surface area contributed by atoms with Crippen LogP contribution in [-0.4, -0.2) is 62.1 Å². The molecule has 1 fully saturated rings. The minimum Gasteiger partial charge on any atom is -0.357 e. The van der Waals surface area contributed by atoms with E-state index in [1.165, 1.54) is 10.4 Å². The lowest BCUT2D eigenvalue weighted by molar-refractivity contribution is 0.444. The molecular weight excluding hydrogens is 521 g/mol. The highest BCUT2D eigenvalue weighted by Crippen LogP contribution is 2.16. The van der Waals surface area contributed by atoms with Crippen molar-refractivity contribution in [1.29, 1.82) is 0 Å². The van der Waals surface area contributed by atoms with E-state index in [0.717, 1.165) is 23.6 Å². The van der Waals surface area contributed by atoms with Crippen molar-refractivity contribution in [2.45, 2.75) is 19.9 Å². The van der Waals surface area contributed by atoms with Gasteiger partial charge in [-0.3, -0.25) is 4.99 Å². The van der Waals surface area contributed by atoms with Crippen LogP contribution in [-0.2, 0) is 10.0 Å². The summed E-state index contributed by atoms with van der Waals surface area (Å²) in [6.45, 7) is 5.48. The Labute approximate surface area is 187 Å². The third-order valence-corrected chi connectivity index (χ3v) is 6.92. The Morgan fingerprint density at radius 3 is 2.57 bits per heavy atom. The van der Waals surface area contributed by atoms with Crippen LogP contribution in [0.3, 0.4) is 0 Å². The van der Waals surface area contributed by atoms with Crippen molar-refractivity contribution in [1.82, 2.24) is 14.9 Å². The molecule has 28 heavy (non-hydrogen) atoms. The van der Waals surface area contributed by atoms with Crippen LogP contribution in [0.2, 0.25) is 0 Å². The van der Waals surface area contributed by atoms with Crippen LogP contribution >= 0.6 is 35.7 Å². The smallest absolute Gasteiger partial charge is 0.215 e. The number of guanidine groups is 1. The van der Waals surface area contributed by atoms with Gasteiger partial charge in [0.15, 0.2) is 17.6 Å². The van der Waals surface area contributed by atoms with Crippen LogP contribution in [0.1, 0.15) is 25.5 Å². The number of thioether (sulfide) groups is 1. The maximum absolute atomic E-state index is 13.4. The summed E-state index contributed by atoms with van der Waals surface area (Å²) in [5, 5.41) is 6.12. The number of rotatable bonds is 7. The van der Waals surface area contributed by atoms with Crippen molar-refractivity contribution in [3.63, 3.8) is 0 Å². The summed E-state index contributed by atoms with van der Waals surface area (Å²) in [5.74, 6) is 0.200. The molecule has 0 amide bonds. The first kappa shape index (κ1) is 25.4. The number of halogens is 3. The summed E-state index contributed by atoms with van der Waals surface area (Å²) < 4.78 is 52.7. The van der Waals surface area contributed by atoms with Crippen molar-refractivity contribution in [2.24, 2.45) is 4.99 Å². The first-order chi connectivity index (χ1) is 12.8. The first-order valence-electron chi connectivity index (χ1n) is 8.89. The first-order valence-corrected chi connectivity index (χ1v) is 11.6. The molecule has 160 valence electrons. The van der Waals surface area contributed by atoms with Gasteiger partial charge in [0.2, 0.25) is 10.0 Å². The molecule has 1 unspecified atom stereocenters. The monoisotopic (exact) mass is 548 g/mol. The van der Waals surface area contributed by atoms with Gasteiger partial charge in [-0.2, -0.15) is 11.8 Å². The van der Waals surface area contributed by atoms with E-state index >= 15 is 0 Å². The second-order valence-corrected chi connectivity index (χ2v) is 9.44. The van der Waals surface area contributed by atoms with E-state index in [-0.39, 0.29) is 42.3 Å². The molecular formula is C17H27F2IN4O2S2. The predicted octanol–water partition coefficient (Wildman–Crippen LogP) is 2.58. The Hall–Kier alpha value is -0.660. The average Bonchev–Trinajstić information content (AvgIpc) is 2.64. The minimum absolute atomic E-state index is 0. The van der Waals surface area contributed by atoms with Crippen LogP contribution < -0.4 is 10.6 Å². The molecule has 1 aliphatic heterocycles. The number of hydrogen-bond acceptors (Lipinski definition) is 4. The van der Waals surface area contributed by atoms with Gasteiger partial charge in [0, 0.05) is 31.1 Å². The zero-order valence-corrected chi connectivity index (χ0v) is 19.9. The highest BCUT2D eigenvalue weighted by Gasteiger charge is 2.23. The molecule has 0 radical (unpaired) electrons. The van der Waals surface area contributed by atoms with Gasteiger partial charge in [0.25, 0.3) is 0 Å². The number of aliphatic imine (C=N–C) groups is 1. The highest BCUT2D eigenvalue weighted by atomic mass is 127. The fraction of sp³-hybridized carbons (Fsp3) is 0.588. The molecule has 6 nitrogen and oxygen atoms in total. The van der Waals surface area contributed by atoms with Crippen LogP contribution in [0.5, 0.6) is 0 Å². The normalized spacial score (nSPS) is 16.9. The molecule has 1 heterocycles. The number of nitrogens with one attached hydrogen (secondary N) is 2. The largest absolute Gasteiger partial charge is 0.357 e. The third-order valence-electron chi connectivity index (χ3n) is 4.12. The van der Waals surface area contributed by atoms with Crippen molar-refractivity contribution >= 4 is 51.7 Å². The minimum atomic E-state index is -3.32. The molecule has 1 aromatic carbocycles. The number of hydrogen-bond donors (Lipinski definition) is 2. The lowest BCUT2D eigenvalue weighted by atomic mass is 10.1. The quantitative estimate of drug-likeness (QED) is 0.312. The van der Waals surface area contributed by atoms with E-state index in [0.29, 0.717) is 31.2 Å². The van der Waals surface area contributed by atoms with Gasteiger partial charge in [-0.1, -0.05) is 6.07 Å². The van der Waals surface area contributed by atoms with Gasteiger partial charge in [0.1, 0.15) is 0 Å². The lowest BCUT2D eigenvalue weighted by Crippen LogP contribution is -2.41. The fourth-order valence-corrected chi connectivity index (χ4v) is 5.07. The summed E-state index contributed by atoms with van der Waals surface area (Å²) >= 11 is 1.75. The molecule has 1 atom stereocenters. The number of benzene rings is 1. The average molecular weight is 548 g/mol. The standard InChI is InChI=1S/C17H26F2N4O2S2.HI/c1-3-20-17(22-13(2)14-4-5-15(18)16(19)12-14)21-6-11-27(24,25)23-7-9-26-10-8-23;/h4-5,12-13H,3,6-11H2,1-2H3,(H2,20,21,22);1H. The maximum atomic E-state index is 13.4. The Morgan fingerprint density at radius 2 is 1.96 bits per heavy atom. The van der Waals surface area contributed by atoms with E-state index in [9.17, 15) is 17.2 Å². The zero-order valence-electron chi connectivity index (χ0n) is 16.0. The Bertz CT molecular complexity index is 760. The van der Waals surface area contributed by atoms with Gasteiger partial charge in [-0.15, -0.1) is 24.0 Å². The molecule has 0 aromatic heterocycles. The topological polar surface area (TPSA) is 73.8 Å². The lowest BCUT2D eigenvalue weighted by Gasteiger charge is -2.25. The second-order valence-electron chi connectivity index (χ2n) is 6.13. The van der Waals surface area contributed by atoms with Crippen molar-refractivity contribution in [3.05, 3.63) is 35.4 Å². The van der Waals surface area contributed by atoms with Gasteiger partial charge in [-0.05, 0) is 31.5 Å². The Balaban J connectivity index is 0.00000392. The van der Waals surface area contributed by atoms with Crippen LogP contribution in [0, 0.1) is 11.6 Å². The predicted molar refractivity (Wildman–Crippen MR) is 122 cm³/mol. The van der Waals surface area contributed by atoms with Crippen molar-refractivity contribution in [3.8, 4) is 0 Å². The molecule has 2 rings (SSSR count). The van der Waals surface area contributed by atoms with Gasteiger partial charge in [-0.25, -0.2) is 21.5 Å². The third kappa shape index (κ3) is 7.64. The maximum Gasteiger partial charge on any atom is 0.215 e. The molecule has 0 aliphatic carbocycles. The van der Waals surface area contributed by atoms with Crippen LogP contribution in [0.4, 0.5) is 8.78 Å². The van der Waals surface area contributed by atoms with Crippen molar-refractivity contribution in [2.75, 3.05) is 43.4 Å². The number of nitrogens with zero attached hydrogens (tertiary/aromatic N) is 2. The summed E-state index contributed by atoms with van der Waals surface area (Å²) in [5.41, 5.74) is 0.568. The zero-order chi connectivity index (χ0) is 19.9. The van der Waals surface area contributed by atoms with E-state index in [4.69, 9.17) is 0 Å². The van der Waals surface area contributed by atoms with E-state index in [1.54, 1.807) is 18.7 Å². The Kier molecular flexibility index (Phi) is 11.0.